The Morgan fingerprint density at radius 1 is 1.00 bits per heavy atom. The van der Waals surface area contributed by atoms with E-state index in [1.165, 1.54) is 16.8 Å². The Morgan fingerprint density at radius 2 is 1.76 bits per heavy atom. The number of benzene rings is 2. The summed E-state index contributed by atoms with van der Waals surface area (Å²) in [6.45, 7) is 7.07. The molecule has 0 spiro atoms. The van der Waals surface area contributed by atoms with Crippen LogP contribution in [-0.4, -0.2) is 36.0 Å². The van der Waals surface area contributed by atoms with Crippen molar-refractivity contribution >= 4 is 5.91 Å². The van der Waals surface area contributed by atoms with Crippen LogP contribution >= 0.6 is 0 Å². The van der Waals surface area contributed by atoms with Gasteiger partial charge in [0.05, 0.1) is 26.3 Å². The van der Waals surface area contributed by atoms with Crippen LogP contribution in [-0.2, 0) is 6.54 Å². The van der Waals surface area contributed by atoms with Gasteiger partial charge in [-0.05, 0) is 48.7 Å². The van der Waals surface area contributed by atoms with E-state index in [1.54, 1.807) is 7.11 Å². The third-order valence-corrected chi connectivity index (χ3v) is 5.02. The molecule has 3 rings (SSSR count). The number of amides is 1. The van der Waals surface area contributed by atoms with Gasteiger partial charge in [0.2, 0.25) is 0 Å². The van der Waals surface area contributed by atoms with Crippen LogP contribution in [0.15, 0.2) is 65.5 Å². The first-order valence-corrected chi connectivity index (χ1v) is 11.2. The molecule has 3 aromatic rings. The van der Waals surface area contributed by atoms with Gasteiger partial charge in [-0.15, -0.1) is 0 Å². The van der Waals surface area contributed by atoms with Crippen LogP contribution in [0.2, 0.25) is 0 Å². The normalized spacial score (nSPS) is 11.7. The van der Waals surface area contributed by atoms with Crippen molar-refractivity contribution in [2.75, 3.05) is 20.3 Å². The van der Waals surface area contributed by atoms with Gasteiger partial charge in [0, 0.05) is 6.07 Å². The van der Waals surface area contributed by atoms with Gasteiger partial charge in [-0.25, -0.2) is 4.68 Å². The topological polar surface area (TPSA) is 91.7 Å². The molecule has 8 nitrogen and oxygen atoms in total. The number of rotatable bonds is 11. The Morgan fingerprint density at radius 3 is 2.47 bits per heavy atom. The number of nitrogens with one attached hydrogen (secondary N) is 1. The van der Waals surface area contributed by atoms with Gasteiger partial charge in [0.25, 0.3) is 11.5 Å². The van der Waals surface area contributed by atoms with E-state index in [1.807, 2.05) is 55.5 Å². The number of carbonyl (C=O) groups is 1. The highest BCUT2D eigenvalue weighted by atomic mass is 16.5. The van der Waals surface area contributed by atoms with Gasteiger partial charge < -0.3 is 19.5 Å². The van der Waals surface area contributed by atoms with Crippen molar-refractivity contribution < 1.29 is 19.0 Å². The standard InChI is InChI=1S/C26H31N3O5/c1-18(2)17-34-23-12-10-20(16-24(23)32-4)19(3)27-26(31)22-11-13-25(30)29(28-22)14-15-33-21-8-6-5-7-9-21/h5-13,16,18-19H,14-15,17H2,1-4H3,(H,27,31). The second kappa shape index (κ2) is 11.9. The monoisotopic (exact) mass is 465 g/mol. The summed E-state index contributed by atoms with van der Waals surface area (Å²) < 4.78 is 18.1. The van der Waals surface area contributed by atoms with Gasteiger partial charge >= 0.3 is 0 Å². The molecule has 1 atom stereocenters. The lowest BCUT2D eigenvalue weighted by atomic mass is 10.1. The molecule has 0 aliphatic rings. The molecule has 0 aliphatic heterocycles. The smallest absolute Gasteiger partial charge is 0.272 e. The Balaban J connectivity index is 1.64. The van der Waals surface area contributed by atoms with Gasteiger partial charge in [0.15, 0.2) is 11.5 Å². The number of hydrogen-bond donors (Lipinski definition) is 1. The van der Waals surface area contributed by atoms with Gasteiger partial charge in [-0.1, -0.05) is 38.1 Å². The SMILES string of the molecule is COc1cc(C(C)NC(=O)c2ccc(=O)n(CCOc3ccccc3)n2)ccc1OCC(C)C. The molecule has 1 amide bonds. The predicted molar refractivity (Wildman–Crippen MR) is 130 cm³/mol. The fourth-order valence-corrected chi connectivity index (χ4v) is 3.18. The molecule has 0 radical (unpaired) electrons. The molecule has 8 heteroatoms. The molecule has 0 bridgehead atoms. The zero-order chi connectivity index (χ0) is 24.5. The third kappa shape index (κ3) is 6.84. The molecule has 0 fully saturated rings. The van der Waals surface area contributed by atoms with Crippen molar-refractivity contribution in [3.8, 4) is 17.2 Å². The molecule has 180 valence electrons. The zero-order valence-electron chi connectivity index (χ0n) is 20.0. The highest BCUT2D eigenvalue weighted by Gasteiger charge is 2.16. The maximum Gasteiger partial charge on any atom is 0.272 e. The first kappa shape index (κ1) is 24.8. The molecule has 34 heavy (non-hydrogen) atoms. The van der Waals surface area contributed by atoms with Crippen LogP contribution in [0, 0.1) is 5.92 Å². The number of methoxy groups -OCH3 is 1. The summed E-state index contributed by atoms with van der Waals surface area (Å²) >= 11 is 0. The molecule has 1 aromatic heterocycles. The molecular formula is C26H31N3O5. The first-order valence-electron chi connectivity index (χ1n) is 11.2. The minimum atomic E-state index is -0.385. The van der Waals surface area contributed by atoms with E-state index >= 15 is 0 Å². The predicted octanol–water partition coefficient (Wildman–Crippen LogP) is 3.86. The van der Waals surface area contributed by atoms with Gasteiger partial charge in [-0.3, -0.25) is 9.59 Å². The van der Waals surface area contributed by atoms with Crippen LogP contribution in [0.25, 0.3) is 0 Å². The summed E-state index contributed by atoms with van der Waals surface area (Å²) in [5, 5.41) is 7.12. The van der Waals surface area contributed by atoms with Crippen molar-refractivity contribution in [3.63, 3.8) is 0 Å². The fraction of sp³-hybridized carbons (Fsp3) is 0.346. The Labute approximate surface area is 199 Å². The summed E-state index contributed by atoms with van der Waals surface area (Å²) in [5.41, 5.74) is 0.699. The number of nitrogens with zero attached hydrogens (tertiary/aromatic N) is 2. The summed E-state index contributed by atoms with van der Waals surface area (Å²) in [7, 11) is 1.58. The third-order valence-electron chi connectivity index (χ3n) is 5.02. The largest absolute Gasteiger partial charge is 0.493 e. The quantitative estimate of drug-likeness (QED) is 0.462. The minimum Gasteiger partial charge on any atom is -0.493 e. The zero-order valence-corrected chi connectivity index (χ0v) is 20.0. The van der Waals surface area contributed by atoms with Crippen molar-refractivity contribution in [3.05, 3.63) is 82.3 Å². The maximum atomic E-state index is 12.8. The molecule has 1 heterocycles. The Hall–Kier alpha value is -3.81. The van der Waals surface area contributed by atoms with Crippen molar-refractivity contribution in [1.29, 1.82) is 0 Å². The van der Waals surface area contributed by atoms with E-state index < -0.39 is 0 Å². The molecule has 0 saturated heterocycles. The highest BCUT2D eigenvalue weighted by molar-refractivity contribution is 5.92. The van der Waals surface area contributed by atoms with E-state index in [9.17, 15) is 9.59 Å². The van der Waals surface area contributed by atoms with Crippen LogP contribution in [0.4, 0.5) is 0 Å². The summed E-state index contributed by atoms with van der Waals surface area (Å²) in [4.78, 5) is 25.0. The van der Waals surface area contributed by atoms with Gasteiger partial charge in [-0.2, -0.15) is 5.10 Å². The Kier molecular flexibility index (Phi) is 8.67. The second-order valence-corrected chi connectivity index (χ2v) is 8.25. The second-order valence-electron chi connectivity index (χ2n) is 8.25. The van der Waals surface area contributed by atoms with Crippen LogP contribution < -0.4 is 25.1 Å². The number of hydrogen-bond acceptors (Lipinski definition) is 6. The van der Waals surface area contributed by atoms with Crippen LogP contribution in [0.5, 0.6) is 17.2 Å². The molecule has 1 N–H and O–H groups in total. The summed E-state index contributed by atoms with van der Waals surface area (Å²) in [6, 6.07) is 17.3. The Bertz CT molecular complexity index is 1140. The van der Waals surface area contributed by atoms with Crippen molar-refractivity contribution in [2.45, 2.75) is 33.4 Å². The van der Waals surface area contributed by atoms with Crippen molar-refractivity contribution in [2.24, 2.45) is 5.92 Å². The number of para-hydroxylation sites is 1. The lowest BCUT2D eigenvalue weighted by Gasteiger charge is -2.18. The molecule has 0 aliphatic carbocycles. The highest BCUT2D eigenvalue weighted by Crippen LogP contribution is 2.30. The lowest BCUT2D eigenvalue weighted by molar-refractivity contribution is 0.0931. The van der Waals surface area contributed by atoms with E-state index in [4.69, 9.17) is 14.2 Å². The lowest BCUT2D eigenvalue weighted by Crippen LogP contribution is -2.32. The van der Waals surface area contributed by atoms with E-state index in [0.29, 0.717) is 29.8 Å². The number of ether oxygens (including phenoxy) is 3. The average Bonchev–Trinajstić information content (AvgIpc) is 2.84. The fourth-order valence-electron chi connectivity index (χ4n) is 3.18. The molecule has 0 saturated carbocycles. The van der Waals surface area contributed by atoms with E-state index in [-0.39, 0.29) is 36.4 Å². The number of aromatic nitrogens is 2. The first-order chi connectivity index (χ1) is 16.4. The van der Waals surface area contributed by atoms with E-state index in [0.717, 1.165) is 5.56 Å². The average molecular weight is 466 g/mol. The molecular weight excluding hydrogens is 434 g/mol. The van der Waals surface area contributed by atoms with Gasteiger partial charge in [0.1, 0.15) is 18.1 Å². The minimum absolute atomic E-state index is 0.148. The van der Waals surface area contributed by atoms with Crippen molar-refractivity contribution in [1.82, 2.24) is 15.1 Å². The van der Waals surface area contributed by atoms with Crippen LogP contribution in [0.3, 0.4) is 0 Å². The summed E-state index contributed by atoms with van der Waals surface area (Å²) in [5.74, 6) is 1.97. The number of carbonyl (C=O) groups excluding carboxylic acids is 1. The summed E-state index contributed by atoms with van der Waals surface area (Å²) in [6.07, 6.45) is 0. The molecule has 1 unspecified atom stereocenters. The maximum absolute atomic E-state index is 12.8. The van der Waals surface area contributed by atoms with E-state index in [2.05, 4.69) is 24.3 Å². The van der Waals surface area contributed by atoms with Crippen LogP contribution in [0.1, 0.15) is 42.9 Å². The molecule has 2 aromatic carbocycles.